The smallest absolute Gasteiger partial charge is 0.261 e. The summed E-state index contributed by atoms with van der Waals surface area (Å²) < 4.78 is 0. The SMILES string of the molecule is CCCCNC(=O)c1sc2nc[nH]c(=O)c2c1C. The number of H-pyrrole nitrogens is 1. The second-order valence-corrected chi connectivity index (χ2v) is 5.08. The Labute approximate surface area is 108 Å². The molecule has 96 valence electrons. The van der Waals surface area contributed by atoms with Gasteiger partial charge in [-0.1, -0.05) is 13.3 Å². The van der Waals surface area contributed by atoms with E-state index in [2.05, 4.69) is 22.2 Å². The van der Waals surface area contributed by atoms with E-state index in [4.69, 9.17) is 0 Å². The van der Waals surface area contributed by atoms with Crippen molar-refractivity contribution in [3.8, 4) is 0 Å². The van der Waals surface area contributed by atoms with Crippen molar-refractivity contribution in [2.45, 2.75) is 26.7 Å². The molecular weight excluding hydrogens is 250 g/mol. The van der Waals surface area contributed by atoms with Crippen LogP contribution in [0.5, 0.6) is 0 Å². The van der Waals surface area contributed by atoms with Crippen molar-refractivity contribution >= 4 is 27.5 Å². The van der Waals surface area contributed by atoms with Crippen LogP contribution >= 0.6 is 11.3 Å². The largest absolute Gasteiger partial charge is 0.351 e. The first kappa shape index (κ1) is 12.8. The van der Waals surface area contributed by atoms with E-state index in [-0.39, 0.29) is 11.5 Å². The van der Waals surface area contributed by atoms with Gasteiger partial charge in [0.25, 0.3) is 11.5 Å². The third-order valence-electron chi connectivity index (χ3n) is 2.75. The first-order valence-corrected chi connectivity index (χ1v) is 6.71. The van der Waals surface area contributed by atoms with Crippen molar-refractivity contribution in [3.05, 3.63) is 27.1 Å². The molecule has 6 heteroatoms. The summed E-state index contributed by atoms with van der Waals surface area (Å²) in [5.41, 5.74) is 0.514. The number of unbranched alkanes of at least 4 members (excludes halogenated alkanes) is 1. The molecule has 0 atom stereocenters. The van der Waals surface area contributed by atoms with Crippen LogP contribution in [0, 0.1) is 6.92 Å². The van der Waals surface area contributed by atoms with Gasteiger partial charge < -0.3 is 10.3 Å². The summed E-state index contributed by atoms with van der Waals surface area (Å²) in [7, 11) is 0. The molecule has 2 N–H and O–H groups in total. The molecule has 5 nitrogen and oxygen atoms in total. The van der Waals surface area contributed by atoms with Gasteiger partial charge >= 0.3 is 0 Å². The van der Waals surface area contributed by atoms with E-state index in [1.165, 1.54) is 17.7 Å². The number of hydrogen-bond donors (Lipinski definition) is 2. The highest BCUT2D eigenvalue weighted by Crippen LogP contribution is 2.26. The third kappa shape index (κ3) is 2.28. The zero-order valence-electron chi connectivity index (χ0n) is 10.4. The topological polar surface area (TPSA) is 74.8 Å². The first-order chi connectivity index (χ1) is 8.65. The van der Waals surface area contributed by atoms with Crippen LogP contribution in [0.3, 0.4) is 0 Å². The summed E-state index contributed by atoms with van der Waals surface area (Å²) >= 11 is 1.26. The molecule has 18 heavy (non-hydrogen) atoms. The quantitative estimate of drug-likeness (QED) is 0.828. The molecule has 0 fully saturated rings. The molecule has 0 bridgehead atoms. The lowest BCUT2D eigenvalue weighted by atomic mass is 10.2. The first-order valence-electron chi connectivity index (χ1n) is 5.90. The Morgan fingerprint density at radius 2 is 2.33 bits per heavy atom. The fourth-order valence-corrected chi connectivity index (χ4v) is 2.82. The van der Waals surface area contributed by atoms with Crippen molar-refractivity contribution < 1.29 is 4.79 Å². The number of fused-ring (bicyclic) bond motifs is 1. The summed E-state index contributed by atoms with van der Waals surface area (Å²) in [6, 6.07) is 0. The Morgan fingerprint density at radius 1 is 1.56 bits per heavy atom. The molecule has 0 aliphatic rings. The number of aromatic nitrogens is 2. The van der Waals surface area contributed by atoms with E-state index in [0.717, 1.165) is 12.8 Å². The van der Waals surface area contributed by atoms with Crippen LogP contribution in [-0.2, 0) is 0 Å². The van der Waals surface area contributed by atoms with E-state index in [0.29, 0.717) is 27.2 Å². The molecule has 0 aromatic carbocycles. The maximum atomic E-state index is 12.0. The van der Waals surface area contributed by atoms with Crippen LogP contribution in [0.1, 0.15) is 35.0 Å². The summed E-state index contributed by atoms with van der Waals surface area (Å²) in [5, 5.41) is 3.37. The standard InChI is InChI=1S/C12H15N3O2S/c1-3-4-5-13-11(17)9-7(2)8-10(16)14-6-15-12(8)18-9/h6H,3-5H2,1-2H3,(H,13,17)(H,14,15,16). The highest BCUT2D eigenvalue weighted by atomic mass is 32.1. The van der Waals surface area contributed by atoms with Crippen LogP contribution in [0.4, 0.5) is 0 Å². The number of hydrogen-bond acceptors (Lipinski definition) is 4. The molecule has 0 unspecified atom stereocenters. The molecule has 0 aliphatic heterocycles. The normalized spacial score (nSPS) is 10.8. The number of aromatic amines is 1. The van der Waals surface area contributed by atoms with Crippen molar-refractivity contribution in [1.82, 2.24) is 15.3 Å². The summed E-state index contributed by atoms with van der Waals surface area (Å²) in [4.78, 5) is 31.5. The zero-order valence-corrected chi connectivity index (χ0v) is 11.2. The van der Waals surface area contributed by atoms with E-state index in [1.54, 1.807) is 6.92 Å². The number of nitrogens with zero attached hydrogens (tertiary/aromatic N) is 1. The molecule has 2 aromatic heterocycles. The number of aryl methyl sites for hydroxylation is 1. The predicted molar refractivity (Wildman–Crippen MR) is 72.2 cm³/mol. The third-order valence-corrected chi connectivity index (χ3v) is 3.95. The number of thiophene rings is 1. The molecule has 1 amide bonds. The highest BCUT2D eigenvalue weighted by Gasteiger charge is 2.17. The lowest BCUT2D eigenvalue weighted by Crippen LogP contribution is -2.24. The summed E-state index contributed by atoms with van der Waals surface area (Å²) in [5.74, 6) is -0.122. The maximum absolute atomic E-state index is 12.0. The van der Waals surface area contributed by atoms with Crippen LogP contribution in [0.25, 0.3) is 10.2 Å². The lowest BCUT2D eigenvalue weighted by molar-refractivity contribution is 0.0957. The Morgan fingerprint density at radius 3 is 3.00 bits per heavy atom. The predicted octanol–water partition coefficient (Wildman–Crippen LogP) is 1.82. The number of nitrogens with one attached hydrogen (secondary N) is 2. The second kappa shape index (κ2) is 5.30. The Hall–Kier alpha value is -1.69. The van der Waals surface area contributed by atoms with E-state index >= 15 is 0 Å². The maximum Gasteiger partial charge on any atom is 0.261 e. The van der Waals surface area contributed by atoms with Crippen LogP contribution in [0.15, 0.2) is 11.1 Å². The average Bonchev–Trinajstić information content (AvgIpc) is 2.68. The van der Waals surface area contributed by atoms with E-state index < -0.39 is 0 Å². The van der Waals surface area contributed by atoms with Crippen LogP contribution < -0.4 is 10.9 Å². The molecule has 2 rings (SSSR count). The van der Waals surface area contributed by atoms with Gasteiger partial charge in [-0.3, -0.25) is 9.59 Å². The van der Waals surface area contributed by atoms with Crippen molar-refractivity contribution in [1.29, 1.82) is 0 Å². The molecule has 0 saturated heterocycles. The van der Waals surface area contributed by atoms with Gasteiger partial charge in [-0.15, -0.1) is 11.3 Å². The highest BCUT2D eigenvalue weighted by molar-refractivity contribution is 7.20. The van der Waals surface area contributed by atoms with Gasteiger partial charge in [-0.25, -0.2) is 4.98 Å². The van der Waals surface area contributed by atoms with E-state index in [9.17, 15) is 9.59 Å². The Bertz CT molecular complexity index is 630. The average molecular weight is 265 g/mol. The minimum absolute atomic E-state index is 0.122. The van der Waals surface area contributed by atoms with Gasteiger partial charge in [0.05, 0.1) is 16.6 Å². The Balaban J connectivity index is 2.34. The van der Waals surface area contributed by atoms with Crippen LogP contribution in [-0.4, -0.2) is 22.4 Å². The molecule has 2 aromatic rings. The molecule has 0 radical (unpaired) electrons. The lowest BCUT2D eigenvalue weighted by Gasteiger charge is -2.02. The molecule has 0 spiro atoms. The van der Waals surface area contributed by atoms with Crippen LogP contribution in [0.2, 0.25) is 0 Å². The van der Waals surface area contributed by atoms with E-state index in [1.807, 2.05) is 0 Å². The molecule has 0 saturated carbocycles. The number of carbonyl (C=O) groups is 1. The van der Waals surface area contributed by atoms with Crippen molar-refractivity contribution in [3.63, 3.8) is 0 Å². The minimum Gasteiger partial charge on any atom is -0.351 e. The minimum atomic E-state index is -0.193. The van der Waals surface area contributed by atoms with Crippen molar-refractivity contribution in [2.24, 2.45) is 0 Å². The number of carbonyl (C=O) groups excluding carboxylic acids is 1. The van der Waals surface area contributed by atoms with Gasteiger partial charge in [0.2, 0.25) is 0 Å². The Kier molecular flexibility index (Phi) is 3.76. The number of rotatable bonds is 4. The van der Waals surface area contributed by atoms with Gasteiger partial charge in [0, 0.05) is 6.54 Å². The fraction of sp³-hybridized carbons (Fsp3) is 0.417. The fourth-order valence-electron chi connectivity index (χ4n) is 1.75. The number of amides is 1. The molecule has 2 heterocycles. The van der Waals surface area contributed by atoms with Crippen molar-refractivity contribution in [2.75, 3.05) is 6.54 Å². The van der Waals surface area contributed by atoms with Gasteiger partial charge in [-0.05, 0) is 18.9 Å². The monoisotopic (exact) mass is 265 g/mol. The summed E-state index contributed by atoms with van der Waals surface area (Å²) in [6.45, 7) is 4.51. The zero-order chi connectivity index (χ0) is 13.1. The molecular formula is C12H15N3O2S. The second-order valence-electron chi connectivity index (χ2n) is 4.08. The van der Waals surface area contributed by atoms with Gasteiger partial charge in [-0.2, -0.15) is 0 Å². The van der Waals surface area contributed by atoms with Gasteiger partial charge in [0.1, 0.15) is 4.83 Å². The molecule has 0 aliphatic carbocycles. The van der Waals surface area contributed by atoms with Gasteiger partial charge in [0.15, 0.2) is 0 Å². The summed E-state index contributed by atoms with van der Waals surface area (Å²) in [6.07, 6.45) is 3.35.